The zero-order valence-electron chi connectivity index (χ0n) is 13.6. The molecule has 4 nitrogen and oxygen atoms in total. The molecule has 1 aromatic carbocycles. The Kier molecular flexibility index (Phi) is 7.35. The average molecular weight is 312 g/mol. The summed E-state index contributed by atoms with van der Waals surface area (Å²) in [7, 11) is 0.229. The Morgan fingerprint density at radius 3 is 2.33 bits per heavy atom. The van der Waals surface area contributed by atoms with Gasteiger partial charge in [-0.1, -0.05) is 26.0 Å². The molecule has 5 heteroatoms. The van der Waals surface area contributed by atoms with E-state index in [0.717, 1.165) is 25.8 Å². The van der Waals surface area contributed by atoms with Crippen molar-refractivity contribution in [2.24, 2.45) is 5.92 Å². The van der Waals surface area contributed by atoms with Crippen LogP contribution in [0, 0.1) is 5.92 Å². The van der Waals surface area contributed by atoms with E-state index >= 15 is 0 Å². The van der Waals surface area contributed by atoms with Crippen molar-refractivity contribution in [3.63, 3.8) is 0 Å². The summed E-state index contributed by atoms with van der Waals surface area (Å²) in [5.41, 5.74) is 1.18. The van der Waals surface area contributed by atoms with Gasteiger partial charge in [0.25, 0.3) is 0 Å². The highest BCUT2D eigenvalue weighted by Crippen LogP contribution is 2.17. The molecule has 0 saturated carbocycles. The van der Waals surface area contributed by atoms with Gasteiger partial charge in [0.05, 0.1) is 4.90 Å². The molecular formula is C16H28N2O2S. The Balaban J connectivity index is 2.70. The van der Waals surface area contributed by atoms with Crippen LogP contribution in [0.5, 0.6) is 0 Å². The van der Waals surface area contributed by atoms with Gasteiger partial charge in [0.1, 0.15) is 0 Å². The van der Waals surface area contributed by atoms with Crippen molar-refractivity contribution in [2.45, 2.75) is 38.0 Å². The van der Waals surface area contributed by atoms with Crippen molar-refractivity contribution in [1.29, 1.82) is 0 Å². The molecule has 0 aliphatic rings. The first-order valence-electron chi connectivity index (χ1n) is 7.57. The molecule has 0 amide bonds. The molecule has 120 valence electrons. The maximum absolute atomic E-state index is 12.4. The maximum Gasteiger partial charge on any atom is 0.242 e. The second kappa shape index (κ2) is 8.51. The molecule has 0 aliphatic carbocycles. The molecule has 1 aromatic rings. The number of hydrogen-bond donors (Lipinski definition) is 1. The molecule has 0 heterocycles. The maximum atomic E-state index is 12.4. The van der Waals surface area contributed by atoms with Crippen LogP contribution in [0.3, 0.4) is 0 Å². The summed E-state index contributed by atoms with van der Waals surface area (Å²) >= 11 is 0. The van der Waals surface area contributed by atoms with Gasteiger partial charge in [0.2, 0.25) is 10.0 Å². The van der Waals surface area contributed by atoms with Crippen LogP contribution in [0.4, 0.5) is 0 Å². The number of sulfonamides is 1. The van der Waals surface area contributed by atoms with Crippen molar-refractivity contribution in [3.8, 4) is 0 Å². The third kappa shape index (κ3) is 5.77. The molecule has 0 fully saturated rings. The topological polar surface area (TPSA) is 49.4 Å². The van der Waals surface area contributed by atoms with Gasteiger partial charge in [0.15, 0.2) is 0 Å². The lowest BCUT2D eigenvalue weighted by Gasteiger charge is -2.18. The van der Waals surface area contributed by atoms with Crippen molar-refractivity contribution in [3.05, 3.63) is 29.8 Å². The van der Waals surface area contributed by atoms with E-state index in [2.05, 4.69) is 19.2 Å². The number of benzene rings is 1. The third-order valence-electron chi connectivity index (χ3n) is 3.55. The second-order valence-electron chi connectivity index (χ2n) is 5.86. The fraction of sp³-hybridized carbons (Fsp3) is 0.625. The first-order chi connectivity index (χ1) is 9.87. The fourth-order valence-electron chi connectivity index (χ4n) is 2.04. The molecule has 0 atom stereocenters. The summed E-state index contributed by atoms with van der Waals surface area (Å²) in [6.07, 6.45) is 2.89. The van der Waals surface area contributed by atoms with Gasteiger partial charge in [-0.3, -0.25) is 0 Å². The van der Waals surface area contributed by atoms with Crippen molar-refractivity contribution < 1.29 is 8.42 Å². The molecule has 0 radical (unpaired) electrons. The van der Waals surface area contributed by atoms with Crippen LogP contribution >= 0.6 is 0 Å². The number of nitrogens with zero attached hydrogens (tertiary/aromatic N) is 1. The van der Waals surface area contributed by atoms with Gasteiger partial charge in [-0.2, -0.15) is 0 Å². The van der Waals surface area contributed by atoms with E-state index in [9.17, 15) is 8.42 Å². The first-order valence-corrected chi connectivity index (χ1v) is 9.01. The van der Waals surface area contributed by atoms with Gasteiger partial charge in [-0.25, -0.2) is 12.7 Å². The molecule has 1 N–H and O–H groups in total. The van der Waals surface area contributed by atoms with E-state index in [1.807, 2.05) is 19.2 Å². The minimum Gasteiger partial charge on any atom is -0.320 e. The van der Waals surface area contributed by atoms with Crippen molar-refractivity contribution in [2.75, 3.05) is 27.2 Å². The smallest absolute Gasteiger partial charge is 0.242 e. The molecule has 21 heavy (non-hydrogen) atoms. The lowest BCUT2D eigenvalue weighted by molar-refractivity contribution is 0.428. The van der Waals surface area contributed by atoms with E-state index in [0.29, 0.717) is 17.4 Å². The summed E-state index contributed by atoms with van der Waals surface area (Å²) in [5, 5.41) is 3.11. The van der Waals surface area contributed by atoms with E-state index in [1.54, 1.807) is 19.2 Å². The van der Waals surface area contributed by atoms with Gasteiger partial charge in [0, 0.05) is 13.6 Å². The van der Waals surface area contributed by atoms with Gasteiger partial charge in [-0.05, 0) is 56.5 Å². The first kappa shape index (κ1) is 18.1. The van der Waals surface area contributed by atoms with Gasteiger partial charge in [-0.15, -0.1) is 0 Å². The van der Waals surface area contributed by atoms with Crippen LogP contribution in [0.25, 0.3) is 0 Å². The standard InChI is InChI=1S/C16H28N2O2S/c1-14(2)11-13-18(4)21(19,20)16-9-7-15(8-10-16)6-5-12-17-3/h7-10,14,17H,5-6,11-13H2,1-4H3. The van der Waals surface area contributed by atoms with Gasteiger partial charge < -0.3 is 5.32 Å². The minimum atomic E-state index is -3.36. The molecule has 0 aliphatic heterocycles. The molecule has 0 spiro atoms. The molecule has 0 bridgehead atoms. The zero-order chi connectivity index (χ0) is 15.9. The molecule has 1 rings (SSSR count). The Hall–Kier alpha value is -0.910. The summed E-state index contributed by atoms with van der Waals surface area (Å²) in [4.78, 5) is 0.381. The van der Waals surface area contributed by atoms with E-state index < -0.39 is 10.0 Å². The average Bonchev–Trinajstić information content (AvgIpc) is 2.45. The SMILES string of the molecule is CNCCCc1ccc(S(=O)(=O)N(C)CCC(C)C)cc1. The zero-order valence-corrected chi connectivity index (χ0v) is 14.4. The highest BCUT2D eigenvalue weighted by Gasteiger charge is 2.20. The number of rotatable bonds is 9. The quantitative estimate of drug-likeness (QED) is 0.713. The molecule has 0 saturated heterocycles. The van der Waals surface area contributed by atoms with Crippen molar-refractivity contribution in [1.82, 2.24) is 9.62 Å². The molecular weight excluding hydrogens is 284 g/mol. The molecule has 0 unspecified atom stereocenters. The van der Waals surface area contributed by atoms with Crippen LogP contribution < -0.4 is 5.32 Å². The predicted molar refractivity (Wildman–Crippen MR) is 88.0 cm³/mol. The van der Waals surface area contributed by atoms with Gasteiger partial charge >= 0.3 is 0 Å². The minimum absolute atomic E-state index is 0.381. The number of nitrogens with one attached hydrogen (secondary N) is 1. The van der Waals surface area contributed by atoms with Crippen LogP contribution in [0.15, 0.2) is 29.2 Å². The summed E-state index contributed by atoms with van der Waals surface area (Å²) in [6, 6.07) is 7.27. The number of aryl methyl sites for hydroxylation is 1. The number of hydrogen-bond acceptors (Lipinski definition) is 3. The fourth-order valence-corrected chi connectivity index (χ4v) is 3.22. The van der Waals surface area contributed by atoms with Crippen LogP contribution in [-0.2, 0) is 16.4 Å². The lowest BCUT2D eigenvalue weighted by atomic mass is 10.1. The highest BCUT2D eigenvalue weighted by atomic mass is 32.2. The van der Waals surface area contributed by atoms with E-state index in [-0.39, 0.29) is 0 Å². The normalized spacial score (nSPS) is 12.3. The summed E-state index contributed by atoms with van der Waals surface area (Å²) in [5.74, 6) is 0.497. The monoisotopic (exact) mass is 312 g/mol. The van der Waals surface area contributed by atoms with Crippen LogP contribution in [0.2, 0.25) is 0 Å². The summed E-state index contributed by atoms with van der Waals surface area (Å²) in [6.45, 7) is 5.72. The third-order valence-corrected chi connectivity index (χ3v) is 5.42. The Labute approximate surface area is 129 Å². The van der Waals surface area contributed by atoms with E-state index in [4.69, 9.17) is 0 Å². The Morgan fingerprint density at radius 1 is 1.19 bits per heavy atom. The van der Waals surface area contributed by atoms with Crippen molar-refractivity contribution >= 4 is 10.0 Å². The molecule has 0 aromatic heterocycles. The largest absolute Gasteiger partial charge is 0.320 e. The highest BCUT2D eigenvalue weighted by molar-refractivity contribution is 7.89. The second-order valence-corrected chi connectivity index (χ2v) is 7.91. The predicted octanol–water partition coefficient (Wildman–Crippen LogP) is 2.51. The lowest BCUT2D eigenvalue weighted by Crippen LogP contribution is -2.28. The van der Waals surface area contributed by atoms with Crippen LogP contribution in [0.1, 0.15) is 32.3 Å². The van der Waals surface area contributed by atoms with E-state index in [1.165, 1.54) is 9.87 Å². The Bertz CT molecular complexity index is 510. The van der Waals surface area contributed by atoms with Crippen LogP contribution in [-0.4, -0.2) is 39.9 Å². The summed E-state index contributed by atoms with van der Waals surface area (Å²) < 4.78 is 26.3. The Morgan fingerprint density at radius 2 is 1.81 bits per heavy atom.